The maximum absolute atomic E-state index is 12.9. The minimum Gasteiger partial charge on any atom is -0.439 e. The third-order valence-electron chi connectivity index (χ3n) is 5.29. The van der Waals surface area contributed by atoms with Gasteiger partial charge in [0.15, 0.2) is 5.76 Å². The number of aryl methyl sites for hydroxylation is 1. The van der Waals surface area contributed by atoms with Crippen molar-refractivity contribution in [3.8, 4) is 0 Å². The number of sulfone groups is 1. The lowest BCUT2D eigenvalue weighted by Crippen LogP contribution is -2.26. The first-order valence-corrected chi connectivity index (χ1v) is 13.4. The molecule has 0 aliphatic rings. The second-order valence-corrected chi connectivity index (χ2v) is 11.6. The van der Waals surface area contributed by atoms with E-state index in [1.165, 1.54) is 59.9 Å². The molecule has 0 saturated heterocycles. The molecule has 0 aliphatic heterocycles. The Morgan fingerprint density at radius 3 is 2.00 bits per heavy atom. The molecule has 3 aromatic carbocycles. The van der Waals surface area contributed by atoms with Crippen LogP contribution in [0.4, 0.5) is 11.4 Å². The molecule has 180 valence electrons. The van der Waals surface area contributed by atoms with E-state index >= 15 is 0 Å². The standard InChI is InChI=1S/C25H22N2O6S2/c1-18-8-12-21(13-9-18)34(29,30)24-17-16-23(33-24)25(28)26-19-10-14-22(15-11-19)35(31,32)27(2)20-6-4-3-5-7-20/h3-17H,1-2H3,(H,26,28). The highest BCUT2D eigenvalue weighted by atomic mass is 32.2. The summed E-state index contributed by atoms with van der Waals surface area (Å²) in [4.78, 5) is 12.7. The average molecular weight is 511 g/mol. The quantitative estimate of drug-likeness (QED) is 0.392. The maximum atomic E-state index is 12.9. The van der Waals surface area contributed by atoms with Crippen molar-refractivity contribution in [2.75, 3.05) is 16.7 Å². The van der Waals surface area contributed by atoms with Crippen molar-refractivity contribution in [2.45, 2.75) is 21.8 Å². The largest absolute Gasteiger partial charge is 0.439 e. The number of carbonyl (C=O) groups excluding carboxylic acids is 1. The highest BCUT2D eigenvalue weighted by Gasteiger charge is 2.24. The summed E-state index contributed by atoms with van der Waals surface area (Å²) in [7, 11) is -6.25. The number of carbonyl (C=O) groups is 1. The van der Waals surface area contributed by atoms with Gasteiger partial charge in [-0.2, -0.15) is 0 Å². The molecule has 0 radical (unpaired) electrons. The summed E-state index contributed by atoms with van der Waals surface area (Å²) in [5, 5.41) is 2.22. The maximum Gasteiger partial charge on any atom is 0.291 e. The molecule has 1 aromatic heterocycles. The van der Waals surface area contributed by atoms with Gasteiger partial charge in [-0.05, 0) is 67.6 Å². The van der Waals surface area contributed by atoms with Crippen molar-refractivity contribution in [1.29, 1.82) is 0 Å². The smallest absolute Gasteiger partial charge is 0.291 e. The number of para-hydroxylation sites is 1. The Morgan fingerprint density at radius 1 is 0.771 bits per heavy atom. The number of nitrogens with zero attached hydrogens (tertiary/aromatic N) is 1. The van der Waals surface area contributed by atoms with E-state index in [0.717, 1.165) is 5.56 Å². The van der Waals surface area contributed by atoms with E-state index in [1.807, 2.05) is 6.92 Å². The van der Waals surface area contributed by atoms with Crippen LogP contribution >= 0.6 is 0 Å². The zero-order chi connectivity index (χ0) is 25.2. The minimum atomic E-state index is -3.91. The molecule has 0 saturated carbocycles. The fraction of sp³-hybridized carbons (Fsp3) is 0.0800. The van der Waals surface area contributed by atoms with Gasteiger partial charge >= 0.3 is 0 Å². The molecule has 1 amide bonds. The number of amides is 1. The van der Waals surface area contributed by atoms with Gasteiger partial charge in [0.05, 0.1) is 15.5 Å². The Balaban J connectivity index is 1.49. The van der Waals surface area contributed by atoms with Crippen LogP contribution in [0, 0.1) is 6.92 Å². The Bertz CT molecular complexity index is 1560. The summed E-state index contributed by atoms with van der Waals surface area (Å²) < 4.78 is 57.7. The van der Waals surface area contributed by atoms with Gasteiger partial charge < -0.3 is 9.73 Å². The van der Waals surface area contributed by atoms with Crippen molar-refractivity contribution in [1.82, 2.24) is 0 Å². The van der Waals surface area contributed by atoms with E-state index in [4.69, 9.17) is 4.42 Å². The number of hydrogen-bond acceptors (Lipinski definition) is 6. The fourth-order valence-electron chi connectivity index (χ4n) is 3.26. The molecule has 0 atom stereocenters. The average Bonchev–Trinajstić information content (AvgIpc) is 3.36. The molecule has 1 heterocycles. The van der Waals surface area contributed by atoms with E-state index in [0.29, 0.717) is 11.4 Å². The summed E-state index contributed by atoms with van der Waals surface area (Å²) in [5.74, 6) is -0.872. The molecule has 1 N–H and O–H groups in total. The van der Waals surface area contributed by atoms with Crippen LogP contribution in [0.5, 0.6) is 0 Å². The van der Waals surface area contributed by atoms with Crippen LogP contribution in [0.2, 0.25) is 0 Å². The van der Waals surface area contributed by atoms with E-state index < -0.39 is 25.8 Å². The molecule has 8 nitrogen and oxygen atoms in total. The molecule has 0 fully saturated rings. The van der Waals surface area contributed by atoms with Crippen LogP contribution in [0.25, 0.3) is 0 Å². The number of rotatable bonds is 7. The zero-order valence-electron chi connectivity index (χ0n) is 18.9. The second kappa shape index (κ2) is 9.40. The number of benzene rings is 3. The molecular formula is C25H22N2O6S2. The number of sulfonamides is 1. The van der Waals surface area contributed by atoms with Crippen LogP contribution in [0.15, 0.2) is 110 Å². The predicted molar refractivity (Wildman–Crippen MR) is 132 cm³/mol. The topological polar surface area (TPSA) is 114 Å². The van der Waals surface area contributed by atoms with Crippen molar-refractivity contribution in [3.63, 3.8) is 0 Å². The molecule has 0 bridgehead atoms. The summed E-state index contributed by atoms with van der Waals surface area (Å²) >= 11 is 0. The van der Waals surface area contributed by atoms with Crippen LogP contribution in [-0.2, 0) is 19.9 Å². The van der Waals surface area contributed by atoms with Gasteiger partial charge in [0.25, 0.3) is 15.9 Å². The van der Waals surface area contributed by atoms with E-state index in [-0.39, 0.29) is 20.6 Å². The first-order chi connectivity index (χ1) is 16.6. The van der Waals surface area contributed by atoms with Gasteiger partial charge in [-0.3, -0.25) is 9.10 Å². The van der Waals surface area contributed by atoms with Crippen molar-refractivity contribution < 1.29 is 26.0 Å². The Hall–Kier alpha value is -3.89. The Kier molecular flexibility index (Phi) is 6.51. The van der Waals surface area contributed by atoms with Gasteiger partial charge in [-0.25, -0.2) is 16.8 Å². The van der Waals surface area contributed by atoms with Gasteiger partial charge in [0.2, 0.25) is 14.9 Å². The van der Waals surface area contributed by atoms with Crippen molar-refractivity contribution in [2.24, 2.45) is 0 Å². The third kappa shape index (κ3) is 4.98. The van der Waals surface area contributed by atoms with E-state index in [1.54, 1.807) is 42.5 Å². The molecule has 0 unspecified atom stereocenters. The monoisotopic (exact) mass is 510 g/mol. The zero-order valence-corrected chi connectivity index (χ0v) is 20.5. The number of nitrogens with one attached hydrogen (secondary N) is 1. The minimum absolute atomic E-state index is 0.0475. The lowest BCUT2D eigenvalue weighted by Gasteiger charge is -2.19. The summed E-state index contributed by atoms with van der Waals surface area (Å²) in [6, 6.07) is 23.0. The molecule has 0 spiro atoms. The van der Waals surface area contributed by atoms with Crippen molar-refractivity contribution in [3.05, 3.63) is 102 Å². The Labute approximate surface area is 203 Å². The SMILES string of the molecule is Cc1ccc(S(=O)(=O)c2ccc(C(=O)Nc3ccc(S(=O)(=O)N(C)c4ccccc4)cc3)o2)cc1. The first-order valence-electron chi connectivity index (χ1n) is 10.5. The third-order valence-corrected chi connectivity index (χ3v) is 8.73. The normalized spacial score (nSPS) is 11.7. The Morgan fingerprint density at radius 2 is 1.37 bits per heavy atom. The molecule has 4 rings (SSSR count). The summed E-state index contributed by atoms with van der Waals surface area (Å²) in [6.07, 6.45) is 0. The molecular weight excluding hydrogens is 488 g/mol. The lowest BCUT2D eigenvalue weighted by molar-refractivity contribution is 0.0991. The van der Waals surface area contributed by atoms with Crippen LogP contribution < -0.4 is 9.62 Å². The van der Waals surface area contributed by atoms with Crippen LogP contribution in [0.3, 0.4) is 0 Å². The highest BCUT2D eigenvalue weighted by Crippen LogP contribution is 2.25. The number of anilines is 2. The molecule has 0 aliphatic carbocycles. The first kappa shape index (κ1) is 24.2. The molecule has 4 aromatic rings. The van der Waals surface area contributed by atoms with Gasteiger partial charge in [0.1, 0.15) is 0 Å². The van der Waals surface area contributed by atoms with Crippen LogP contribution in [0.1, 0.15) is 16.1 Å². The van der Waals surface area contributed by atoms with E-state index in [9.17, 15) is 21.6 Å². The predicted octanol–water partition coefficient (Wildman–Crippen LogP) is 4.50. The lowest BCUT2D eigenvalue weighted by atomic mass is 10.2. The van der Waals surface area contributed by atoms with Crippen LogP contribution in [-0.4, -0.2) is 29.8 Å². The molecule has 10 heteroatoms. The van der Waals surface area contributed by atoms with Gasteiger partial charge in [-0.15, -0.1) is 0 Å². The fourth-order valence-corrected chi connectivity index (χ4v) is 5.63. The number of furan rings is 1. The number of hydrogen-bond donors (Lipinski definition) is 1. The molecule has 35 heavy (non-hydrogen) atoms. The van der Waals surface area contributed by atoms with Gasteiger partial charge in [0, 0.05) is 12.7 Å². The van der Waals surface area contributed by atoms with Gasteiger partial charge in [-0.1, -0.05) is 35.9 Å². The second-order valence-electron chi connectivity index (χ2n) is 7.72. The summed E-state index contributed by atoms with van der Waals surface area (Å²) in [6.45, 7) is 1.84. The highest BCUT2D eigenvalue weighted by molar-refractivity contribution is 7.92. The van der Waals surface area contributed by atoms with Crippen molar-refractivity contribution >= 4 is 37.1 Å². The van der Waals surface area contributed by atoms with E-state index in [2.05, 4.69) is 5.32 Å². The summed E-state index contributed by atoms with van der Waals surface area (Å²) in [5.41, 5.74) is 1.74.